The standard InChI is InChI=1S/C34H44N8O4/c1-33(2,3)23-13-14-24(40-32(36)43)22(16-23)12-9-15-41(17-21-10-7-6-8-11-21)18-25-27-28(46-34(4,5)45-27)31(44-25)42-20-39-26-29(35)37-19-38-30(26)42/h6-8,10-11,13-14,16,19-20,25,27-28,31H,9,12,15,17-18H2,1-5H3,(H2,35,37,38)(H3,36,40,43)/t25-,27-,28-,31-/m1/s1. The van der Waals surface area contributed by atoms with Crippen LogP contribution in [0.1, 0.15) is 64.0 Å². The number of carbonyl (C=O) groups is 1. The lowest BCUT2D eigenvalue weighted by molar-refractivity contribution is -0.198. The maximum atomic E-state index is 11.8. The number of imidazole rings is 1. The Labute approximate surface area is 269 Å². The average molecular weight is 629 g/mol. The number of amides is 2. The van der Waals surface area contributed by atoms with E-state index in [1.807, 2.05) is 30.5 Å². The summed E-state index contributed by atoms with van der Waals surface area (Å²) in [5.41, 5.74) is 16.9. The lowest BCUT2D eigenvalue weighted by Crippen LogP contribution is -2.40. The first-order chi connectivity index (χ1) is 21.9. The molecule has 0 radical (unpaired) electrons. The van der Waals surface area contributed by atoms with Crippen LogP contribution >= 0.6 is 0 Å². The van der Waals surface area contributed by atoms with Crippen molar-refractivity contribution in [2.75, 3.05) is 24.1 Å². The van der Waals surface area contributed by atoms with Crippen molar-refractivity contribution in [3.63, 3.8) is 0 Å². The summed E-state index contributed by atoms with van der Waals surface area (Å²) in [6.07, 6.45) is 3.27. The summed E-state index contributed by atoms with van der Waals surface area (Å²) in [6.45, 7) is 12.5. The third-order valence-corrected chi connectivity index (χ3v) is 8.62. The van der Waals surface area contributed by atoms with E-state index < -0.39 is 18.0 Å². The van der Waals surface area contributed by atoms with Gasteiger partial charge in [0.05, 0.1) is 6.33 Å². The molecule has 244 valence electrons. The average Bonchev–Trinajstić information content (AvgIpc) is 3.65. The van der Waals surface area contributed by atoms with E-state index in [1.165, 1.54) is 17.5 Å². The van der Waals surface area contributed by atoms with Gasteiger partial charge in [-0.2, -0.15) is 0 Å². The number of aromatic nitrogens is 4. The van der Waals surface area contributed by atoms with Gasteiger partial charge in [-0.3, -0.25) is 9.47 Å². The highest BCUT2D eigenvalue weighted by Gasteiger charge is 2.56. The number of nitrogens with one attached hydrogen (secondary N) is 1. The molecule has 4 aromatic rings. The molecule has 0 saturated carbocycles. The number of nitrogen functional groups attached to an aromatic ring is 1. The summed E-state index contributed by atoms with van der Waals surface area (Å²) in [6, 6.07) is 16.0. The molecule has 0 bridgehead atoms. The number of benzene rings is 2. The molecule has 0 spiro atoms. The van der Waals surface area contributed by atoms with Gasteiger partial charge in [-0.1, -0.05) is 63.2 Å². The molecule has 0 unspecified atom stereocenters. The summed E-state index contributed by atoms with van der Waals surface area (Å²) in [5, 5.41) is 2.81. The van der Waals surface area contributed by atoms with Crippen LogP contribution in [0.15, 0.2) is 61.2 Å². The molecule has 0 aliphatic carbocycles. The number of nitrogens with two attached hydrogens (primary N) is 2. The Morgan fingerprint density at radius 3 is 2.57 bits per heavy atom. The number of anilines is 2. The van der Waals surface area contributed by atoms with E-state index in [-0.39, 0.29) is 23.7 Å². The molecule has 2 aromatic carbocycles. The van der Waals surface area contributed by atoms with Crippen molar-refractivity contribution in [3.05, 3.63) is 77.9 Å². The fraction of sp³-hybridized carbons (Fsp3) is 0.471. The third-order valence-electron chi connectivity index (χ3n) is 8.62. The van der Waals surface area contributed by atoms with Crippen LogP contribution in [0.2, 0.25) is 0 Å². The lowest BCUT2D eigenvalue weighted by atomic mass is 9.85. The molecule has 2 fully saturated rings. The predicted octanol–water partition coefficient (Wildman–Crippen LogP) is 4.75. The van der Waals surface area contributed by atoms with Crippen LogP contribution in [-0.4, -0.2) is 67.6 Å². The molecule has 4 heterocycles. The Bertz CT molecular complexity index is 1690. The minimum atomic E-state index is -0.772. The zero-order chi connectivity index (χ0) is 32.6. The molecular formula is C34H44N8O4. The topological polar surface area (TPSA) is 156 Å². The number of hydrogen-bond acceptors (Lipinski definition) is 9. The highest BCUT2D eigenvalue weighted by Crippen LogP contribution is 2.44. The molecule has 46 heavy (non-hydrogen) atoms. The largest absolute Gasteiger partial charge is 0.382 e. The molecule has 6 rings (SSSR count). The maximum absolute atomic E-state index is 11.8. The van der Waals surface area contributed by atoms with Crippen molar-refractivity contribution in [3.8, 4) is 0 Å². The van der Waals surface area contributed by atoms with Gasteiger partial charge in [0.2, 0.25) is 0 Å². The molecule has 4 atom stereocenters. The number of rotatable bonds is 10. The van der Waals surface area contributed by atoms with E-state index in [0.29, 0.717) is 23.5 Å². The maximum Gasteiger partial charge on any atom is 0.316 e. The number of urea groups is 1. The van der Waals surface area contributed by atoms with Crippen LogP contribution < -0.4 is 16.8 Å². The Balaban J connectivity index is 1.24. The first-order valence-corrected chi connectivity index (χ1v) is 15.8. The van der Waals surface area contributed by atoms with Gasteiger partial charge in [0.25, 0.3) is 0 Å². The molecule has 2 aliphatic rings. The van der Waals surface area contributed by atoms with Gasteiger partial charge in [-0.15, -0.1) is 0 Å². The molecule has 2 saturated heterocycles. The Morgan fingerprint density at radius 1 is 1.07 bits per heavy atom. The van der Waals surface area contributed by atoms with E-state index >= 15 is 0 Å². The highest BCUT2D eigenvalue weighted by atomic mass is 16.8. The van der Waals surface area contributed by atoms with Crippen LogP contribution in [0.3, 0.4) is 0 Å². The zero-order valence-corrected chi connectivity index (χ0v) is 27.1. The van der Waals surface area contributed by atoms with Gasteiger partial charge in [0, 0.05) is 18.8 Å². The second kappa shape index (κ2) is 12.6. The van der Waals surface area contributed by atoms with Crippen molar-refractivity contribution in [2.45, 2.75) is 89.7 Å². The number of hydrogen-bond donors (Lipinski definition) is 3. The van der Waals surface area contributed by atoms with Gasteiger partial charge >= 0.3 is 6.03 Å². The Kier molecular flexibility index (Phi) is 8.73. The van der Waals surface area contributed by atoms with Gasteiger partial charge in [0.1, 0.15) is 30.2 Å². The number of aryl methyl sites for hydroxylation is 1. The van der Waals surface area contributed by atoms with Gasteiger partial charge in [-0.25, -0.2) is 19.7 Å². The van der Waals surface area contributed by atoms with E-state index in [0.717, 1.165) is 37.2 Å². The number of primary amides is 1. The van der Waals surface area contributed by atoms with Crippen molar-refractivity contribution >= 4 is 28.7 Å². The van der Waals surface area contributed by atoms with Crippen molar-refractivity contribution < 1.29 is 19.0 Å². The van der Waals surface area contributed by atoms with Gasteiger partial charge in [-0.05, 0) is 61.4 Å². The van der Waals surface area contributed by atoms with Gasteiger partial charge in [0.15, 0.2) is 23.5 Å². The SMILES string of the molecule is CC1(C)O[C@@H]2[C@H](O1)[C@@H](CN(CCCc1cc(C(C)(C)C)ccc1NC(N)=O)Cc1ccccc1)O[C@H]2n1cnc2c(N)ncnc21. The highest BCUT2D eigenvalue weighted by molar-refractivity contribution is 5.88. The van der Waals surface area contributed by atoms with Gasteiger partial charge < -0.3 is 31.0 Å². The number of ether oxygens (including phenoxy) is 3. The van der Waals surface area contributed by atoms with Crippen LogP contribution in [0.25, 0.3) is 11.2 Å². The van der Waals surface area contributed by atoms with Crippen LogP contribution in [0.4, 0.5) is 16.3 Å². The molecule has 2 amide bonds. The van der Waals surface area contributed by atoms with Crippen molar-refractivity contribution in [2.24, 2.45) is 5.73 Å². The van der Waals surface area contributed by atoms with Crippen molar-refractivity contribution in [1.29, 1.82) is 0 Å². The minimum Gasteiger partial charge on any atom is -0.382 e. The van der Waals surface area contributed by atoms with Crippen LogP contribution in [0.5, 0.6) is 0 Å². The predicted molar refractivity (Wildman–Crippen MR) is 176 cm³/mol. The van der Waals surface area contributed by atoms with Crippen molar-refractivity contribution in [1.82, 2.24) is 24.4 Å². The van der Waals surface area contributed by atoms with E-state index in [1.54, 1.807) is 6.33 Å². The molecule has 12 nitrogen and oxygen atoms in total. The summed E-state index contributed by atoms with van der Waals surface area (Å²) < 4.78 is 21.5. The monoisotopic (exact) mass is 628 g/mol. The quantitative estimate of drug-likeness (QED) is 0.226. The number of carbonyl (C=O) groups excluding carboxylic acids is 1. The Morgan fingerprint density at radius 2 is 1.83 bits per heavy atom. The normalized spacial score (nSPS) is 22.4. The summed E-state index contributed by atoms with van der Waals surface area (Å²) >= 11 is 0. The van der Waals surface area contributed by atoms with Crippen LogP contribution in [0, 0.1) is 0 Å². The Hall–Kier alpha value is -4.10. The van der Waals surface area contributed by atoms with E-state index in [9.17, 15) is 4.79 Å². The third kappa shape index (κ3) is 6.85. The smallest absolute Gasteiger partial charge is 0.316 e. The first-order valence-electron chi connectivity index (χ1n) is 15.8. The molecule has 2 aliphatic heterocycles. The second-order valence-electron chi connectivity index (χ2n) is 13.6. The molecule has 12 heteroatoms. The first kappa shape index (κ1) is 31.9. The fourth-order valence-corrected chi connectivity index (χ4v) is 6.43. The summed E-state index contributed by atoms with van der Waals surface area (Å²) in [5.74, 6) is -0.457. The fourth-order valence-electron chi connectivity index (χ4n) is 6.43. The summed E-state index contributed by atoms with van der Waals surface area (Å²) in [4.78, 5) is 27.1. The second-order valence-corrected chi connectivity index (χ2v) is 13.6. The zero-order valence-electron chi connectivity index (χ0n) is 27.1. The van der Waals surface area contributed by atoms with E-state index in [2.05, 4.69) is 82.3 Å². The summed E-state index contributed by atoms with van der Waals surface area (Å²) in [7, 11) is 0. The lowest BCUT2D eigenvalue weighted by Gasteiger charge is -2.29. The number of fused-ring (bicyclic) bond motifs is 2. The van der Waals surface area contributed by atoms with E-state index in [4.69, 9.17) is 25.7 Å². The molecular weight excluding hydrogens is 584 g/mol. The minimum absolute atomic E-state index is 0.0261. The van der Waals surface area contributed by atoms with Crippen LogP contribution in [-0.2, 0) is 32.6 Å². The molecule has 2 aromatic heterocycles. The number of nitrogens with zero attached hydrogens (tertiary/aromatic N) is 5. The molecule has 5 N–H and O–H groups in total.